The summed E-state index contributed by atoms with van der Waals surface area (Å²) in [5, 5.41) is 2.26. The molecule has 0 amide bonds. The van der Waals surface area contributed by atoms with Crippen molar-refractivity contribution in [1.82, 2.24) is 0 Å². The van der Waals surface area contributed by atoms with E-state index >= 15 is 0 Å². The van der Waals surface area contributed by atoms with Crippen molar-refractivity contribution in [2.45, 2.75) is 27.7 Å². The fourth-order valence-corrected chi connectivity index (χ4v) is 2.28. The van der Waals surface area contributed by atoms with Gasteiger partial charge in [-0.3, -0.25) is 0 Å². The van der Waals surface area contributed by atoms with Crippen LogP contribution in [0, 0.1) is 13.8 Å². The molecule has 2 heteroatoms. The minimum atomic E-state index is 0.679. The van der Waals surface area contributed by atoms with Gasteiger partial charge >= 0.3 is 0 Å². The van der Waals surface area contributed by atoms with E-state index in [0.29, 0.717) is 13.2 Å². The van der Waals surface area contributed by atoms with Crippen molar-refractivity contribution in [2.75, 3.05) is 13.2 Å². The molecule has 0 N–H and O–H groups in total. The van der Waals surface area contributed by atoms with Crippen LogP contribution in [0.3, 0.4) is 0 Å². The van der Waals surface area contributed by atoms with Gasteiger partial charge in [0.2, 0.25) is 0 Å². The SMILES string of the molecule is CCOc1c(C)c(C)c(OCC)c2ccccc12. The number of hydrogen-bond acceptors (Lipinski definition) is 2. The smallest absolute Gasteiger partial charge is 0.130 e. The first-order valence-electron chi connectivity index (χ1n) is 6.48. The first-order chi connectivity index (χ1) is 8.70. The molecule has 2 rings (SSSR count). The van der Waals surface area contributed by atoms with Gasteiger partial charge in [-0.1, -0.05) is 24.3 Å². The molecule has 2 nitrogen and oxygen atoms in total. The number of ether oxygens (including phenoxy) is 2. The van der Waals surface area contributed by atoms with Crippen LogP contribution in [0.4, 0.5) is 0 Å². The highest BCUT2D eigenvalue weighted by molar-refractivity contribution is 5.95. The van der Waals surface area contributed by atoms with Gasteiger partial charge in [0.1, 0.15) is 11.5 Å². The monoisotopic (exact) mass is 244 g/mol. The molecule has 2 aromatic carbocycles. The first-order valence-corrected chi connectivity index (χ1v) is 6.48. The van der Waals surface area contributed by atoms with Gasteiger partial charge in [0, 0.05) is 10.8 Å². The molecule has 96 valence electrons. The summed E-state index contributed by atoms with van der Waals surface area (Å²) in [6.45, 7) is 9.57. The lowest BCUT2D eigenvalue weighted by molar-refractivity contribution is 0.333. The number of fused-ring (bicyclic) bond motifs is 1. The maximum atomic E-state index is 5.81. The van der Waals surface area contributed by atoms with Crippen LogP contribution in [0.25, 0.3) is 10.8 Å². The molecule has 0 aliphatic rings. The average molecular weight is 244 g/mol. The number of benzene rings is 2. The predicted octanol–water partition coefficient (Wildman–Crippen LogP) is 4.25. The highest BCUT2D eigenvalue weighted by Gasteiger charge is 2.15. The zero-order chi connectivity index (χ0) is 13.1. The minimum absolute atomic E-state index is 0.679. The number of hydrogen-bond donors (Lipinski definition) is 0. The Balaban J connectivity index is 2.79. The lowest BCUT2D eigenvalue weighted by Gasteiger charge is -2.18. The highest BCUT2D eigenvalue weighted by Crippen LogP contribution is 2.39. The summed E-state index contributed by atoms with van der Waals surface area (Å²) in [5.74, 6) is 1.96. The van der Waals surface area contributed by atoms with Crippen molar-refractivity contribution in [1.29, 1.82) is 0 Å². The van der Waals surface area contributed by atoms with Gasteiger partial charge in [-0.2, -0.15) is 0 Å². The Morgan fingerprint density at radius 3 is 1.50 bits per heavy atom. The Hall–Kier alpha value is -1.70. The second-order valence-corrected chi connectivity index (χ2v) is 4.32. The van der Waals surface area contributed by atoms with Crippen molar-refractivity contribution in [3.8, 4) is 11.5 Å². The van der Waals surface area contributed by atoms with E-state index in [-0.39, 0.29) is 0 Å². The maximum absolute atomic E-state index is 5.81. The fourth-order valence-electron chi connectivity index (χ4n) is 2.28. The molecule has 18 heavy (non-hydrogen) atoms. The summed E-state index contributed by atoms with van der Waals surface area (Å²) >= 11 is 0. The second kappa shape index (κ2) is 5.30. The zero-order valence-electron chi connectivity index (χ0n) is 11.5. The van der Waals surface area contributed by atoms with E-state index in [0.717, 1.165) is 22.3 Å². The Bertz CT molecular complexity index is 508. The standard InChI is InChI=1S/C16H20O2/c1-5-17-15-11(3)12(4)16(18-6-2)14-10-8-7-9-13(14)15/h7-10H,5-6H2,1-4H3. The second-order valence-electron chi connectivity index (χ2n) is 4.32. The Kier molecular flexibility index (Phi) is 3.75. The third-order valence-electron chi connectivity index (χ3n) is 3.24. The number of rotatable bonds is 4. The Morgan fingerprint density at radius 2 is 1.17 bits per heavy atom. The molecule has 0 unspecified atom stereocenters. The van der Waals surface area contributed by atoms with Crippen LogP contribution < -0.4 is 9.47 Å². The zero-order valence-corrected chi connectivity index (χ0v) is 11.5. The largest absolute Gasteiger partial charge is 0.493 e. The third-order valence-corrected chi connectivity index (χ3v) is 3.24. The summed E-state index contributed by atoms with van der Waals surface area (Å²) in [5.41, 5.74) is 2.33. The van der Waals surface area contributed by atoms with Crippen LogP contribution in [0.2, 0.25) is 0 Å². The fraction of sp³-hybridized carbons (Fsp3) is 0.375. The van der Waals surface area contributed by atoms with Gasteiger partial charge in [0.15, 0.2) is 0 Å². The van der Waals surface area contributed by atoms with E-state index in [1.165, 1.54) is 11.1 Å². The van der Waals surface area contributed by atoms with Gasteiger partial charge in [-0.15, -0.1) is 0 Å². The van der Waals surface area contributed by atoms with Crippen LogP contribution in [-0.4, -0.2) is 13.2 Å². The van der Waals surface area contributed by atoms with Crippen molar-refractivity contribution in [3.63, 3.8) is 0 Å². The van der Waals surface area contributed by atoms with Crippen molar-refractivity contribution in [2.24, 2.45) is 0 Å². The van der Waals surface area contributed by atoms with Crippen LogP contribution >= 0.6 is 0 Å². The maximum Gasteiger partial charge on any atom is 0.130 e. The average Bonchev–Trinajstić information content (AvgIpc) is 2.40. The molecule has 0 aliphatic carbocycles. The normalized spacial score (nSPS) is 10.7. The van der Waals surface area contributed by atoms with Crippen LogP contribution in [0.15, 0.2) is 24.3 Å². The van der Waals surface area contributed by atoms with Crippen LogP contribution in [0.1, 0.15) is 25.0 Å². The lowest BCUT2D eigenvalue weighted by Crippen LogP contribution is -2.01. The van der Waals surface area contributed by atoms with Gasteiger partial charge < -0.3 is 9.47 Å². The first kappa shape index (κ1) is 12.7. The molecule has 0 bridgehead atoms. The molecule has 0 saturated heterocycles. The van der Waals surface area contributed by atoms with E-state index in [1.54, 1.807) is 0 Å². The molecule has 0 aliphatic heterocycles. The van der Waals surface area contributed by atoms with Crippen LogP contribution in [0.5, 0.6) is 11.5 Å². The Labute approximate surface area is 109 Å². The summed E-state index contributed by atoms with van der Waals surface area (Å²) in [7, 11) is 0. The van der Waals surface area contributed by atoms with E-state index in [9.17, 15) is 0 Å². The third kappa shape index (κ3) is 2.03. The van der Waals surface area contributed by atoms with Gasteiger partial charge in [-0.05, 0) is 38.8 Å². The quantitative estimate of drug-likeness (QED) is 0.800. The molecular formula is C16H20O2. The predicted molar refractivity (Wildman–Crippen MR) is 75.8 cm³/mol. The van der Waals surface area contributed by atoms with Crippen LogP contribution in [-0.2, 0) is 0 Å². The minimum Gasteiger partial charge on any atom is -0.493 e. The molecule has 0 saturated carbocycles. The van der Waals surface area contributed by atoms with Crippen molar-refractivity contribution < 1.29 is 9.47 Å². The molecule has 0 heterocycles. The molecule has 0 radical (unpaired) electrons. The Morgan fingerprint density at radius 1 is 0.778 bits per heavy atom. The molecule has 0 fully saturated rings. The lowest BCUT2D eigenvalue weighted by atomic mass is 9.99. The van der Waals surface area contributed by atoms with Gasteiger partial charge in [0.05, 0.1) is 13.2 Å². The van der Waals surface area contributed by atoms with E-state index < -0.39 is 0 Å². The molecule has 0 aromatic heterocycles. The summed E-state index contributed by atoms with van der Waals surface area (Å²) in [4.78, 5) is 0. The summed E-state index contributed by atoms with van der Waals surface area (Å²) in [6, 6.07) is 8.26. The molecule has 2 aromatic rings. The van der Waals surface area contributed by atoms with Crippen molar-refractivity contribution >= 4 is 10.8 Å². The van der Waals surface area contributed by atoms with E-state index in [1.807, 2.05) is 26.0 Å². The van der Waals surface area contributed by atoms with Gasteiger partial charge in [0.25, 0.3) is 0 Å². The molecular weight excluding hydrogens is 224 g/mol. The summed E-state index contributed by atoms with van der Waals surface area (Å²) < 4.78 is 11.6. The van der Waals surface area contributed by atoms with Crippen molar-refractivity contribution in [3.05, 3.63) is 35.4 Å². The van der Waals surface area contributed by atoms with E-state index in [4.69, 9.17) is 9.47 Å². The van der Waals surface area contributed by atoms with Gasteiger partial charge in [-0.25, -0.2) is 0 Å². The summed E-state index contributed by atoms with van der Waals surface area (Å²) in [6.07, 6.45) is 0. The molecule has 0 spiro atoms. The highest BCUT2D eigenvalue weighted by atomic mass is 16.5. The molecule has 0 atom stereocenters. The van der Waals surface area contributed by atoms with E-state index in [2.05, 4.69) is 26.0 Å². The topological polar surface area (TPSA) is 18.5 Å².